The molecule has 0 fully saturated rings. The predicted octanol–water partition coefficient (Wildman–Crippen LogP) is 2.14. The Morgan fingerprint density at radius 3 is 2.38 bits per heavy atom. The van der Waals surface area contributed by atoms with Gasteiger partial charge >= 0.3 is 0 Å². The van der Waals surface area contributed by atoms with Crippen LogP contribution in [-0.2, 0) is 11.3 Å². The van der Waals surface area contributed by atoms with Crippen LogP contribution in [0.15, 0.2) is 30.3 Å². The van der Waals surface area contributed by atoms with Crippen LogP contribution < -0.4 is 11.1 Å². The van der Waals surface area contributed by atoms with Gasteiger partial charge in [0, 0.05) is 31.1 Å². The van der Waals surface area contributed by atoms with E-state index in [2.05, 4.69) is 29.3 Å². The first kappa shape index (κ1) is 17.7. The average Bonchev–Trinajstić information content (AvgIpc) is 2.41. The van der Waals surface area contributed by atoms with Crippen LogP contribution in [0.2, 0.25) is 0 Å². The Morgan fingerprint density at radius 1 is 1.29 bits per heavy atom. The maximum atomic E-state index is 12.1. The van der Waals surface area contributed by atoms with Crippen LogP contribution in [0.4, 0.5) is 0 Å². The van der Waals surface area contributed by atoms with Crippen LogP contribution in [-0.4, -0.2) is 35.5 Å². The SMILES string of the molecule is CCN(Cc1ccccc1)C(CN)CC(=O)NC(C)(C)C. The maximum absolute atomic E-state index is 12.1. The lowest BCUT2D eigenvalue weighted by Crippen LogP contribution is -2.47. The molecule has 0 aromatic heterocycles. The standard InChI is InChI=1S/C17H29N3O/c1-5-20(13-14-9-7-6-8-10-14)15(12-18)11-16(21)19-17(2,3)4/h6-10,15H,5,11-13,18H2,1-4H3,(H,19,21). The van der Waals surface area contributed by atoms with E-state index in [1.165, 1.54) is 5.56 Å². The highest BCUT2D eigenvalue weighted by molar-refractivity contribution is 5.77. The minimum Gasteiger partial charge on any atom is -0.351 e. The zero-order valence-electron chi connectivity index (χ0n) is 13.7. The number of carbonyl (C=O) groups is 1. The predicted molar refractivity (Wildman–Crippen MR) is 87.9 cm³/mol. The third-order valence-corrected chi connectivity index (χ3v) is 3.36. The first-order valence-corrected chi connectivity index (χ1v) is 7.64. The molecule has 0 aliphatic heterocycles. The van der Waals surface area contributed by atoms with Crippen molar-refractivity contribution in [1.29, 1.82) is 0 Å². The molecule has 1 aromatic carbocycles. The zero-order valence-corrected chi connectivity index (χ0v) is 13.7. The quantitative estimate of drug-likeness (QED) is 0.809. The highest BCUT2D eigenvalue weighted by Crippen LogP contribution is 2.11. The molecule has 0 spiro atoms. The third kappa shape index (κ3) is 6.74. The van der Waals surface area contributed by atoms with Crippen molar-refractivity contribution in [3.63, 3.8) is 0 Å². The van der Waals surface area contributed by atoms with Crippen molar-refractivity contribution in [3.05, 3.63) is 35.9 Å². The zero-order chi connectivity index (χ0) is 15.9. The van der Waals surface area contributed by atoms with Crippen LogP contribution in [0.5, 0.6) is 0 Å². The molecule has 0 saturated carbocycles. The van der Waals surface area contributed by atoms with Gasteiger partial charge in [0.1, 0.15) is 0 Å². The fourth-order valence-electron chi connectivity index (χ4n) is 2.36. The van der Waals surface area contributed by atoms with E-state index in [1.807, 2.05) is 39.0 Å². The molecule has 0 aliphatic carbocycles. The molecule has 3 N–H and O–H groups in total. The molecule has 0 radical (unpaired) electrons. The minimum absolute atomic E-state index is 0.0597. The molecule has 21 heavy (non-hydrogen) atoms. The summed E-state index contributed by atoms with van der Waals surface area (Å²) < 4.78 is 0. The number of hydrogen-bond acceptors (Lipinski definition) is 3. The molecule has 1 atom stereocenters. The van der Waals surface area contributed by atoms with E-state index in [9.17, 15) is 4.79 Å². The molecule has 0 saturated heterocycles. The van der Waals surface area contributed by atoms with E-state index >= 15 is 0 Å². The summed E-state index contributed by atoms with van der Waals surface area (Å²) in [5.74, 6) is 0.0597. The van der Waals surface area contributed by atoms with Gasteiger partial charge in [0.2, 0.25) is 5.91 Å². The van der Waals surface area contributed by atoms with Gasteiger partial charge in [-0.25, -0.2) is 0 Å². The van der Waals surface area contributed by atoms with Gasteiger partial charge in [-0.1, -0.05) is 37.3 Å². The molecule has 1 aromatic rings. The number of amides is 1. The van der Waals surface area contributed by atoms with E-state index in [1.54, 1.807) is 0 Å². The molecule has 1 rings (SSSR count). The van der Waals surface area contributed by atoms with Crippen LogP contribution in [0.3, 0.4) is 0 Å². The molecular formula is C17H29N3O. The van der Waals surface area contributed by atoms with Crippen molar-refractivity contribution in [2.75, 3.05) is 13.1 Å². The second kappa shape index (κ2) is 8.15. The van der Waals surface area contributed by atoms with Crippen molar-refractivity contribution in [1.82, 2.24) is 10.2 Å². The Hall–Kier alpha value is -1.39. The summed E-state index contributed by atoms with van der Waals surface area (Å²) >= 11 is 0. The van der Waals surface area contributed by atoms with Crippen molar-refractivity contribution < 1.29 is 4.79 Å². The number of likely N-dealkylation sites (N-methyl/N-ethyl adjacent to an activating group) is 1. The molecule has 0 aliphatic rings. The Labute approximate surface area is 128 Å². The van der Waals surface area contributed by atoms with Gasteiger partial charge in [-0.15, -0.1) is 0 Å². The minimum atomic E-state index is -0.202. The third-order valence-electron chi connectivity index (χ3n) is 3.36. The van der Waals surface area contributed by atoms with E-state index < -0.39 is 0 Å². The maximum Gasteiger partial charge on any atom is 0.222 e. The molecule has 0 bridgehead atoms. The highest BCUT2D eigenvalue weighted by Gasteiger charge is 2.21. The van der Waals surface area contributed by atoms with Gasteiger partial charge in [0.25, 0.3) is 0 Å². The molecular weight excluding hydrogens is 262 g/mol. The number of nitrogens with zero attached hydrogens (tertiary/aromatic N) is 1. The lowest BCUT2D eigenvalue weighted by Gasteiger charge is -2.30. The average molecular weight is 291 g/mol. The van der Waals surface area contributed by atoms with Gasteiger partial charge in [0.15, 0.2) is 0 Å². The summed E-state index contributed by atoms with van der Waals surface area (Å²) in [7, 11) is 0. The molecule has 118 valence electrons. The van der Waals surface area contributed by atoms with Crippen LogP contribution in [0.1, 0.15) is 39.7 Å². The first-order valence-electron chi connectivity index (χ1n) is 7.64. The normalized spacial score (nSPS) is 13.2. The summed E-state index contributed by atoms with van der Waals surface area (Å²) in [5.41, 5.74) is 6.94. The highest BCUT2D eigenvalue weighted by atomic mass is 16.1. The van der Waals surface area contributed by atoms with Gasteiger partial charge in [0.05, 0.1) is 0 Å². The smallest absolute Gasteiger partial charge is 0.222 e. The lowest BCUT2D eigenvalue weighted by molar-refractivity contribution is -0.123. The van der Waals surface area contributed by atoms with Gasteiger partial charge in [-0.05, 0) is 32.9 Å². The van der Waals surface area contributed by atoms with Crippen LogP contribution >= 0.6 is 0 Å². The van der Waals surface area contributed by atoms with E-state index in [0.717, 1.165) is 13.1 Å². The monoisotopic (exact) mass is 291 g/mol. The van der Waals surface area contributed by atoms with Crippen molar-refractivity contribution in [3.8, 4) is 0 Å². The van der Waals surface area contributed by atoms with Gasteiger partial charge in [-0.2, -0.15) is 0 Å². The topological polar surface area (TPSA) is 58.4 Å². The van der Waals surface area contributed by atoms with Gasteiger partial charge in [-0.3, -0.25) is 9.69 Å². The Balaban J connectivity index is 2.65. The summed E-state index contributed by atoms with van der Waals surface area (Å²) in [5, 5.41) is 3.01. The van der Waals surface area contributed by atoms with Crippen molar-refractivity contribution in [2.45, 2.75) is 52.2 Å². The van der Waals surface area contributed by atoms with Crippen molar-refractivity contribution >= 4 is 5.91 Å². The summed E-state index contributed by atoms with van der Waals surface area (Å²) in [4.78, 5) is 14.4. The van der Waals surface area contributed by atoms with E-state index in [0.29, 0.717) is 13.0 Å². The molecule has 4 nitrogen and oxygen atoms in total. The summed E-state index contributed by atoms with van der Waals surface area (Å²) in [6, 6.07) is 10.4. The largest absolute Gasteiger partial charge is 0.351 e. The fourth-order valence-corrected chi connectivity index (χ4v) is 2.36. The second-order valence-electron chi connectivity index (χ2n) is 6.44. The number of benzene rings is 1. The summed E-state index contributed by atoms with van der Waals surface area (Å²) in [6.45, 7) is 10.3. The number of nitrogens with one attached hydrogen (secondary N) is 1. The fraction of sp³-hybridized carbons (Fsp3) is 0.588. The van der Waals surface area contributed by atoms with Gasteiger partial charge < -0.3 is 11.1 Å². The van der Waals surface area contributed by atoms with E-state index in [-0.39, 0.29) is 17.5 Å². The number of nitrogens with two attached hydrogens (primary N) is 1. The molecule has 1 amide bonds. The Bertz CT molecular complexity index is 425. The first-order chi connectivity index (χ1) is 9.85. The molecule has 1 unspecified atom stereocenters. The van der Waals surface area contributed by atoms with Crippen molar-refractivity contribution in [2.24, 2.45) is 5.73 Å². The Kier molecular flexibility index (Phi) is 6.85. The number of carbonyl (C=O) groups excluding carboxylic acids is 1. The lowest BCUT2D eigenvalue weighted by atomic mass is 10.1. The second-order valence-corrected chi connectivity index (χ2v) is 6.44. The van der Waals surface area contributed by atoms with E-state index in [4.69, 9.17) is 5.73 Å². The number of hydrogen-bond donors (Lipinski definition) is 2. The molecule has 4 heteroatoms. The Morgan fingerprint density at radius 2 is 1.90 bits per heavy atom. The molecule has 0 heterocycles. The number of rotatable bonds is 7. The van der Waals surface area contributed by atoms with Crippen LogP contribution in [0.25, 0.3) is 0 Å². The summed E-state index contributed by atoms with van der Waals surface area (Å²) in [6.07, 6.45) is 0.439. The van der Waals surface area contributed by atoms with Crippen LogP contribution in [0, 0.1) is 0 Å².